The zero-order chi connectivity index (χ0) is 20.8. The summed E-state index contributed by atoms with van der Waals surface area (Å²) < 4.78 is 0. The number of rotatable bonds is 3. The van der Waals surface area contributed by atoms with E-state index >= 15 is 0 Å². The molecular weight excluding hydrogens is 362 g/mol. The molecule has 0 amide bonds. The summed E-state index contributed by atoms with van der Waals surface area (Å²) in [5.41, 5.74) is 14.6. The molecule has 1 aliphatic carbocycles. The van der Waals surface area contributed by atoms with Crippen molar-refractivity contribution >= 4 is 17.1 Å². The Kier molecular flexibility index (Phi) is 4.47. The minimum atomic E-state index is 1.01. The summed E-state index contributed by atoms with van der Waals surface area (Å²) in [4.78, 5) is 2.42. The van der Waals surface area contributed by atoms with Gasteiger partial charge >= 0.3 is 0 Å². The third kappa shape index (κ3) is 3.02. The standard InChI is InChI=1S/C29H27N/c1-19-9-13-24(14-10-19)30(25-15-11-20(2)12-16-25)29-21(3)17-28-26-8-6-5-7-23(26)18-27(28)22(29)4/h5-17H,18H2,1-4H3. The van der Waals surface area contributed by atoms with E-state index < -0.39 is 0 Å². The molecule has 30 heavy (non-hydrogen) atoms. The highest BCUT2D eigenvalue weighted by Crippen LogP contribution is 2.46. The molecule has 0 saturated carbocycles. The molecule has 4 aromatic rings. The van der Waals surface area contributed by atoms with Crippen LogP contribution < -0.4 is 4.90 Å². The summed E-state index contributed by atoms with van der Waals surface area (Å²) in [5.74, 6) is 0. The summed E-state index contributed by atoms with van der Waals surface area (Å²) in [7, 11) is 0. The largest absolute Gasteiger partial charge is 0.310 e. The highest BCUT2D eigenvalue weighted by molar-refractivity contribution is 5.87. The fourth-order valence-electron chi connectivity index (χ4n) is 4.75. The van der Waals surface area contributed by atoms with Gasteiger partial charge in [0.05, 0.1) is 5.69 Å². The van der Waals surface area contributed by atoms with Crippen molar-refractivity contribution in [2.24, 2.45) is 0 Å². The normalized spacial score (nSPS) is 11.9. The van der Waals surface area contributed by atoms with Gasteiger partial charge in [-0.15, -0.1) is 0 Å². The van der Waals surface area contributed by atoms with E-state index in [9.17, 15) is 0 Å². The van der Waals surface area contributed by atoms with Gasteiger partial charge in [0, 0.05) is 11.4 Å². The Bertz CT molecular complexity index is 1190. The molecule has 0 spiro atoms. The molecule has 0 saturated heterocycles. The van der Waals surface area contributed by atoms with Crippen molar-refractivity contribution in [1.82, 2.24) is 0 Å². The van der Waals surface area contributed by atoms with E-state index in [1.807, 2.05) is 0 Å². The summed E-state index contributed by atoms with van der Waals surface area (Å²) in [5, 5.41) is 0. The maximum Gasteiger partial charge on any atom is 0.0523 e. The molecule has 0 N–H and O–H groups in total. The maximum atomic E-state index is 2.42. The molecule has 1 nitrogen and oxygen atoms in total. The van der Waals surface area contributed by atoms with Crippen LogP contribution in [-0.4, -0.2) is 0 Å². The number of benzene rings is 4. The van der Waals surface area contributed by atoms with Crippen LogP contribution in [0.25, 0.3) is 11.1 Å². The highest BCUT2D eigenvalue weighted by atomic mass is 15.1. The minimum Gasteiger partial charge on any atom is -0.310 e. The van der Waals surface area contributed by atoms with E-state index in [-0.39, 0.29) is 0 Å². The molecule has 1 aliphatic rings. The van der Waals surface area contributed by atoms with Gasteiger partial charge in [-0.05, 0) is 97.8 Å². The van der Waals surface area contributed by atoms with Gasteiger partial charge in [0.1, 0.15) is 0 Å². The minimum absolute atomic E-state index is 1.01. The van der Waals surface area contributed by atoms with Crippen molar-refractivity contribution in [1.29, 1.82) is 0 Å². The van der Waals surface area contributed by atoms with E-state index in [4.69, 9.17) is 0 Å². The molecule has 0 heterocycles. The summed E-state index contributed by atoms with van der Waals surface area (Å²) in [6, 6.07) is 28.9. The summed E-state index contributed by atoms with van der Waals surface area (Å²) in [6.45, 7) is 8.83. The first-order valence-corrected chi connectivity index (χ1v) is 10.7. The van der Waals surface area contributed by atoms with E-state index in [0.29, 0.717) is 0 Å². The molecule has 0 atom stereocenters. The topological polar surface area (TPSA) is 3.24 Å². The van der Waals surface area contributed by atoms with Gasteiger partial charge in [0.25, 0.3) is 0 Å². The Hall–Kier alpha value is -3.32. The van der Waals surface area contributed by atoms with Gasteiger partial charge < -0.3 is 4.90 Å². The second-order valence-corrected chi connectivity index (χ2v) is 8.53. The lowest BCUT2D eigenvalue weighted by Gasteiger charge is -2.30. The van der Waals surface area contributed by atoms with Crippen molar-refractivity contribution in [3.05, 3.63) is 112 Å². The van der Waals surface area contributed by atoms with Crippen molar-refractivity contribution in [3.8, 4) is 11.1 Å². The van der Waals surface area contributed by atoms with E-state index in [1.54, 1.807) is 0 Å². The van der Waals surface area contributed by atoms with Crippen LogP contribution in [0.5, 0.6) is 0 Å². The number of hydrogen-bond acceptors (Lipinski definition) is 1. The van der Waals surface area contributed by atoms with Crippen LogP contribution >= 0.6 is 0 Å². The first-order valence-electron chi connectivity index (χ1n) is 10.7. The summed E-state index contributed by atoms with van der Waals surface area (Å²) in [6.07, 6.45) is 1.01. The van der Waals surface area contributed by atoms with Crippen LogP contribution in [0, 0.1) is 27.7 Å². The van der Waals surface area contributed by atoms with E-state index in [2.05, 4.69) is 111 Å². The van der Waals surface area contributed by atoms with Crippen molar-refractivity contribution < 1.29 is 0 Å². The van der Waals surface area contributed by atoms with Crippen LogP contribution in [0.15, 0.2) is 78.9 Å². The molecule has 0 aliphatic heterocycles. The molecule has 1 heteroatoms. The van der Waals surface area contributed by atoms with E-state index in [1.165, 1.54) is 61.6 Å². The Morgan fingerprint density at radius 3 is 1.80 bits per heavy atom. The van der Waals surface area contributed by atoms with Crippen molar-refractivity contribution in [2.75, 3.05) is 4.90 Å². The van der Waals surface area contributed by atoms with Crippen LogP contribution in [0.3, 0.4) is 0 Å². The summed E-state index contributed by atoms with van der Waals surface area (Å²) >= 11 is 0. The third-order valence-electron chi connectivity index (χ3n) is 6.35. The number of hydrogen-bond donors (Lipinski definition) is 0. The average Bonchev–Trinajstić information content (AvgIpc) is 3.12. The smallest absolute Gasteiger partial charge is 0.0523 e. The first-order chi connectivity index (χ1) is 14.5. The Balaban J connectivity index is 1.73. The van der Waals surface area contributed by atoms with Crippen molar-refractivity contribution in [2.45, 2.75) is 34.1 Å². The number of fused-ring (bicyclic) bond motifs is 3. The third-order valence-corrected chi connectivity index (χ3v) is 6.35. The van der Waals surface area contributed by atoms with Crippen LogP contribution in [-0.2, 0) is 6.42 Å². The fourth-order valence-corrected chi connectivity index (χ4v) is 4.75. The molecule has 0 bridgehead atoms. The highest BCUT2D eigenvalue weighted by Gasteiger charge is 2.25. The van der Waals surface area contributed by atoms with Crippen molar-refractivity contribution in [3.63, 3.8) is 0 Å². The van der Waals surface area contributed by atoms with Crippen LogP contribution in [0.4, 0.5) is 17.1 Å². The Morgan fingerprint density at radius 2 is 1.20 bits per heavy atom. The lowest BCUT2D eigenvalue weighted by molar-refractivity contribution is 1.16. The van der Waals surface area contributed by atoms with Gasteiger partial charge in [-0.1, -0.05) is 59.7 Å². The zero-order valence-corrected chi connectivity index (χ0v) is 18.2. The van der Waals surface area contributed by atoms with Gasteiger partial charge in [-0.3, -0.25) is 0 Å². The molecule has 0 aromatic heterocycles. The van der Waals surface area contributed by atoms with E-state index in [0.717, 1.165) is 6.42 Å². The Labute approximate surface area is 179 Å². The Morgan fingerprint density at radius 1 is 0.633 bits per heavy atom. The second kappa shape index (κ2) is 7.18. The average molecular weight is 390 g/mol. The predicted octanol–water partition coefficient (Wildman–Crippen LogP) is 7.96. The lowest BCUT2D eigenvalue weighted by Crippen LogP contribution is -2.14. The number of anilines is 3. The molecule has 0 fully saturated rings. The molecule has 4 aromatic carbocycles. The lowest BCUT2D eigenvalue weighted by atomic mass is 9.95. The number of aryl methyl sites for hydroxylation is 3. The molecule has 0 unspecified atom stereocenters. The molecule has 0 radical (unpaired) electrons. The molecule has 148 valence electrons. The van der Waals surface area contributed by atoms with Gasteiger partial charge in [0.2, 0.25) is 0 Å². The zero-order valence-electron chi connectivity index (χ0n) is 18.2. The first kappa shape index (κ1) is 18.7. The van der Waals surface area contributed by atoms with Gasteiger partial charge in [0.15, 0.2) is 0 Å². The molecule has 5 rings (SSSR count). The molecular formula is C29H27N. The fraction of sp³-hybridized carbons (Fsp3) is 0.172. The monoisotopic (exact) mass is 389 g/mol. The predicted molar refractivity (Wildman–Crippen MR) is 128 cm³/mol. The maximum absolute atomic E-state index is 2.42. The van der Waals surface area contributed by atoms with Crippen LogP contribution in [0.2, 0.25) is 0 Å². The second-order valence-electron chi connectivity index (χ2n) is 8.53. The van der Waals surface area contributed by atoms with Crippen LogP contribution in [0.1, 0.15) is 33.4 Å². The SMILES string of the molecule is Cc1ccc(N(c2ccc(C)cc2)c2c(C)cc3c(c2C)Cc2ccccc2-3)cc1. The number of nitrogens with zero attached hydrogens (tertiary/aromatic N) is 1. The van der Waals surface area contributed by atoms with Gasteiger partial charge in [-0.25, -0.2) is 0 Å². The van der Waals surface area contributed by atoms with Gasteiger partial charge in [-0.2, -0.15) is 0 Å². The quantitative estimate of drug-likeness (QED) is 0.302.